The molecule has 0 aliphatic carbocycles. The van der Waals surface area contributed by atoms with Gasteiger partial charge in [0, 0.05) is 12.2 Å². The number of ether oxygens (including phenoxy) is 1. The van der Waals surface area contributed by atoms with E-state index in [2.05, 4.69) is 5.32 Å². The van der Waals surface area contributed by atoms with Crippen LogP contribution in [-0.4, -0.2) is 31.0 Å². The summed E-state index contributed by atoms with van der Waals surface area (Å²) in [6.07, 6.45) is 0. The van der Waals surface area contributed by atoms with Crippen molar-refractivity contribution in [2.24, 2.45) is 0 Å². The van der Waals surface area contributed by atoms with Gasteiger partial charge in [0.05, 0.1) is 13.2 Å². The summed E-state index contributed by atoms with van der Waals surface area (Å²) in [5, 5.41) is 3.06. The van der Waals surface area contributed by atoms with Crippen molar-refractivity contribution in [2.75, 3.05) is 19.5 Å². The van der Waals surface area contributed by atoms with Crippen molar-refractivity contribution < 1.29 is 9.53 Å². The second-order valence-corrected chi connectivity index (χ2v) is 6.20. The molecule has 0 saturated heterocycles. The number of carbonyl (C=O) groups is 1. The molecule has 2 aromatic carbocycles. The number of hydrogen-bond acceptors (Lipinski definition) is 3. The minimum absolute atomic E-state index is 0.00316. The summed E-state index contributed by atoms with van der Waals surface area (Å²) in [4.78, 5) is 14.6. The van der Waals surface area contributed by atoms with Crippen molar-refractivity contribution in [3.05, 3.63) is 59.2 Å². The monoisotopic (exact) mass is 326 g/mol. The average molecular weight is 326 g/mol. The highest BCUT2D eigenvalue weighted by Gasteiger charge is 2.19. The van der Waals surface area contributed by atoms with E-state index in [1.165, 1.54) is 0 Å². The summed E-state index contributed by atoms with van der Waals surface area (Å²) in [7, 11) is 3.61. The van der Waals surface area contributed by atoms with Gasteiger partial charge in [0.1, 0.15) is 5.75 Å². The van der Waals surface area contributed by atoms with Gasteiger partial charge in [-0.3, -0.25) is 9.69 Å². The number of rotatable bonds is 6. The number of benzene rings is 2. The molecular weight excluding hydrogens is 300 g/mol. The van der Waals surface area contributed by atoms with Crippen LogP contribution in [0.5, 0.6) is 5.75 Å². The van der Waals surface area contributed by atoms with Crippen LogP contribution >= 0.6 is 0 Å². The van der Waals surface area contributed by atoms with Gasteiger partial charge in [0.15, 0.2) is 0 Å². The molecule has 0 aliphatic heterocycles. The summed E-state index contributed by atoms with van der Waals surface area (Å²) in [6.45, 7) is 6.64. The minimum Gasteiger partial charge on any atom is -0.497 e. The van der Waals surface area contributed by atoms with Gasteiger partial charge in [-0.25, -0.2) is 0 Å². The molecule has 0 aromatic heterocycles. The molecular formula is C20H26N2O2. The summed E-state index contributed by atoms with van der Waals surface area (Å²) in [6, 6.07) is 13.7. The van der Waals surface area contributed by atoms with Gasteiger partial charge in [-0.15, -0.1) is 0 Å². The molecule has 0 heterocycles. The van der Waals surface area contributed by atoms with E-state index in [1.807, 2.05) is 75.2 Å². The standard InChI is InChI=1S/C20H26N2O2/c1-14-7-6-8-15(2)19(14)21-20(23)16(3)22(4)13-17-9-11-18(24-5)12-10-17/h6-12,16H,13H2,1-5H3,(H,21,23). The van der Waals surface area contributed by atoms with E-state index in [4.69, 9.17) is 4.74 Å². The first-order valence-electron chi connectivity index (χ1n) is 8.12. The highest BCUT2D eigenvalue weighted by molar-refractivity contribution is 5.95. The highest BCUT2D eigenvalue weighted by Crippen LogP contribution is 2.20. The van der Waals surface area contributed by atoms with Gasteiger partial charge in [-0.05, 0) is 56.6 Å². The van der Waals surface area contributed by atoms with Crippen molar-refractivity contribution in [1.82, 2.24) is 4.90 Å². The van der Waals surface area contributed by atoms with E-state index < -0.39 is 0 Å². The number of nitrogens with one attached hydrogen (secondary N) is 1. The maximum atomic E-state index is 12.6. The lowest BCUT2D eigenvalue weighted by molar-refractivity contribution is -0.120. The lowest BCUT2D eigenvalue weighted by Crippen LogP contribution is -2.39. The van der Waals surface area contributed by atoms with Crippen LogP contribution in [0.4, 0.5) is 5.69 Å². The highest BCUT2D eigenvalue weighted by atomic mass is 16.5. The molecule has 0 saturated carbocycles. The predicted octanol–water partition coefficient (Wildman–Crippen LogP) is 3.77. The Labute approximate surface area is 144 Å². The van der Waals surface area contributed by atoms with Crippen LogP contribution in [0.15, 0.2) is 42.5 Å². The van der Waals surface area contributed by atoms with Gasteiger partial charge in [0.2, 0.25) is 5.91 Å². The minimum atomic E-state index is -0.230. The maximum absolute atomic E-state index is 12.6. The molecule has 0 fully saturated rings. The van der Waals surface area contributed by atoms with Crippen LogP contribution in [0, 0.1) is 13.8 Å². The Hall–Kier alpha value is -2.33. The number of para-hydroxylation sites is 1. The smallest absolute Gasteiger partial charge is 0.241 e. The van der Waals surface area contributed by atoms with Gasteiger partial charge in [0.25, 0.3) is 0 Å². The largest absolute Gasteiger partial charge is 0.497 e. The molecule has 1 atom stereocenters. The molecule has 1 N–H and O–H groups in total. The fraction of sp³-hybridized carbons (Fsp3) is 0.350. The molecule has 0 aliphatic rings. The number of aryl methyl sites for hydroxylation is 2. The van der Waals surface area contributed by atoms with Crippen LogP contribution in [0.25, 0.3) is 0 Å². The zero-order chi connectivity index (χ0) is 17.7. The topological polar surface area (TPSA) is 41.6 Å². The molecule has 0 spiro atoms. The molecule has 4 nitrogen and oxygen atoms in total. The molecule has 128 valence electrons. The van der Waals surface area contributed by atoms with Crippen molar-refractivity contribution >= 4 is 11.6 Å². The van der Waals surface area contributed by atoms with Gasteiger partial charge in [-0.2, -0.15) is 0 Å². The number of hydrogen-bond donors (Lipinski definition) is 1. The lowest BCUT2D eigenvalue weighted by Gasteiger charge is -2.24. The third kappa shape index (κ3) is 4.36. The first-order valence-corrected chi connectivity index (χ1v) is 8.12. The van der Waals surface area contributed by atoms with Crippen molar-refractivity contribution in [3.63, 3.8) is 0 Å². The van der Waals surface area contributed by atoms with Crippen LogP contribution < -0.4 is 10.1 Å². The summed E-state index contributed by atoms with van der Waals surface area (Å²) >= 11 is 0. The van der Waals surface area contributed by atoms with Crippen LogP contribution in [0.1, 0.15) is 23.6 Å². The zero-order valence-electron chi connectivity index (χ0n) is 15.1. The number of carbonyl (C=O) groups excluding carboxylic acids is 1. The molecule has 4 heteroatoms. The molecule has 0 bridgehead atoms. The molecule has 2 aromatic rings. The third-order valence-corrected chi connectivity index (χ3v) is 4.36. The van der Waals surface area contributed by atoms with Crippen molar-refractivity contribution in [2.45, 2.75) is 33.4 Å². The van der Waals surface area contributed by atoms with Gasteiger partial charge < -0.3 is 10.1 Å². The van der Waals surface area contributed by atoms with Crippen LogP contribution in [0.3, 0.4) is 0 Å². The van der Waals surface area contributed by atoms with E-state index in [1.54, 1.807) is 7.11 Å². The van der Waals surface area contributed by atoms with E-state index in [0.29, 0.717) is 6.54 Å². The second kappa shape index (κ2) is 7.97. The number of anilines is 1. The fourth-order valence-electron chi connectivity index (χ4n) is 2.60. The molecule has 1 amide bonds. The Bertz CT molecular complexity index is 675. The number of amides is 1. The first kappa shape index (κ1) is 18.0. The number of methoxy groups -OCH3 is 1. The SMILES string of the molecule is COc1ccc(CN(C)C(C)C(=O)Nc2c(C)cccc2C)cc1. The molecule has 0 radical (unpaired) electrons. The summed E-state index contributed by atoms with van der Waals surface area (Å²) in [5.41, 5.74) is 4.21. The number of likely N-dealkylation sites (N-methyl/N-ethyl adjacent to an activating group) is 1. The molecule has 2 rings (SSSR count). The Morgan fingerprint density at radius 1 is 1.12 bits per heavy atom. The second-order valence-electron chi connectivity index (χ2n) is 6.20. The average Bonchev–Trinajstić information content (AvgIpc) is 2.58. The van der Waals surface area contributed by atoms with Crippen LogP contribution in [-0.2, 0) is 11.3 Å². The van der Waals surface area contributed by atoms with E-state index in [-0.39, 0.29) is 11.9 Å². The lowest BCUT2D eigenvalue weighted by atomic mass is 10.1. The fourth-order valence-corrected chi connectivity index (χ4v) is 2.60. The maximum Gasteiger partial charge on any atom is 0.241 e. The normalized spacial score (nSPS) is 12.1. The number of nitrogens with zero attached hydrogens (tertiary/aromatic N) is 1. The van der Waals surface area contributed by atoms with E-state index in [0.717, 1.165) is 28.1 Å². The Balaban J connectivity index is 2.01. The summed E-state index contributed by atoms with van der Waals surface area (Å²) in [5.74, 6) is 0.839. The van der Waals surface area contributed by atoms with Gasteiger partial charge in [-0.1, -0.05) is 30.3 Å². The van der Waals surface area contributed by atoms with Crippen molar-refractivity contribution in [3.8, 4) is 5.75 Å². The third-order valence-electron chi connectivity index (χ3n) is 4.36. The summed E-state index contributed by atoms with van der Waals surface area (Å²) < 4.78 is 5.17. The zero-order valence-corrected chi connectivity index (χ0v) is 15.1. The van der Waals surface area contributed by atoms with Gasteiger partial charge >= 0.3 is 0 Å². The molecule has 1 unspecified atom stereocenters. The van der Waals surface area contributed by atoms with E-state index in [9.17, 15) is 4.79 Å². The predicted molar refractivity (Wildman–Crippen MR) is 98.5 cm³/mol. The quantitative estimate of drug-likeness (QED) is 0.878. The van der Waals surface area contributed by atoms with E-state index >= 15 is 0 Å². The Morgan fingerprint density at radius 3 is 2.25 bits per heavy atom. The molecule has 24 heavy (non-hydrogen) atoms. The van der Waals surface area contributed by atoms with Crippen LogP contribution in [0.2, 0.25) is 0 Å². The first-order chi connectivity index (χ1) is 11.4. The Kier molecular flexibility index (Phi) is 5.99. The Morgan fingerprint density at radius 2 is 1.71 bits per heavy atom. The van der Waals surface area contributed by atoms with Crippen molar-refractivity contribution in [1.29, 1.82) is 0 Å².